The fourth-order valence-corrected chi connectivity index (χ4v) is 2.26. The summed E-state index contributed by atoms with van der Waals surface area (Å²) in [6, 6.07) is 4.63. The van der Waals surface area contributed by atoms with E-state index in [0.717, 1.165) is 12.0 Å². The van der Waals surface area contributed by atoms with Crippen LogP contribution in [0.15, 0.2) is 18.2 Å². The number of benzene rings is 1. The molecule has 1 aliphatic heterocycles. The molecule has 0 bridgehead atoms. The van der Waals surface area contributed by atoms with Crippen molar-refractivity contribution in [1.82, 2.24) is 0 Å². The van der Waals surface area contributed by atoms with Crippen LogP contribution in [0.25, 0.3) is 0 Å². The van der Waals surface area contributed by atoms with E-state index in [9.17, 15) is 4.39 Å². The Bertz CT molecular complexity index is 389. The van der Waals surface area contributed by atoms with E-state index in [4.69, 9.17) is 10.5 Å². The zero-order chi connectivity index (χ0) is 10.4. The van der Waals surface area contributed by atoms with E-state index in [1.165, 1.54) is 25.0 Å². The second kappa shape index (κ2) is 3.20. The predicted molar refractivity (Wildman–Crippen MR) is 55.1 cm³/mol. The first-order valence-electron chi connectivity index (χ1n) is 5.46. The zero-order valence-corrected chi connectivity index (χ0v) is 8.45. The van der Waals surface area contributed by atoms with Gasteiger partial charge in [-0.15, -0.1) is 0 Å². The summed E-state index contributed by atoms with van der Waals surface area (Å²) in [6.07, 6.45) is 3.52. The van der Waals surface area contributed by atoms with Crippen molar-refractivity contribution in [2.45, 2.75) is 31.4 Å². The van der Waals surface area contributed by atoms with E-state index in [-0.39, 0.29) is 18.0 Å². The Labute approximate surface area is 88.2 Å². The van der Waals surface area contributed by atoms with E-state index in [0.29, 0.717) is 11.7 Å². The number of nitrogens with two attached hydrogens (primary N) is 1. The van der Waals surface area contributed by atoms with Crippen LogP contribution in [0, 0.1) is 11.7 Å². The molecule has 2 atom stereocenters. The molecule has 0 amide bonds. The molecule has 1 aromatic carbocycles. The molecule has 1 aromatic rings. The van der Waals surface area contributed by atoms with Crippen molar-refractivity contribution in [3.05, 3.63) is 29.6 Å². The highest BCUT2D eigenvalue weighted by Gasteiger charge is 2.37. The van der Waals surface area contributed by atoms with Crippen molar-refractivity contribution >= 4 is 0 Å². The van der Waals surface area contributed by atoms with Crippen molar-refractivity contribution in [2.24, 2.45) is 11.7 Å². The second-order valence-corrected chi connectivity index (χ2v) is 4.52. The summed E-state index contributed by atoms with van der Waals surface area (Å²) in [5.74, 6) is 1.04. The minimum absolute atomic E-state index is 0.0000463. The Balaban J connectivity index is 1.93. The van der Waals surface area contributed by atoms with Crippen LogP contribution in [0.2, 0.25) is 0 Å². The summed E-state index contributed by atoms with van der Waals surface area (Å²) in [5.41, 5.74) is 6.99. The summed E-state index contributed by atoms with van der Waals surface area (Å²) in [4.78, 5) is 0. The highest BCUT2D eigenvalue weighted by Crippen LogP contribution is 2.43. The molecular formula is C12H14FNO. The lowest BCUT2D eigenvalue weighted by Crippen LogP contribution is -2.31. The molecule has 0 spiro atoms. The van der Waals surface area contributed by atoms with Gasteiger partial charge in [0, 0.05) is 24.1 Å². The largest absolute Gasteiger partial charge is 0.490 e. The molecule has 0 saturated heterocycles. The molecule has 2 N–H and O–H groups in total. The zero-order valence-electron chi connectivity index (χ0n) is 8.45. The molecule has 1 heterocycles. The van der Waals surface area contributed by atoms with Gasteiger partial charge in [-0.1, -0.05) is 6.07 Å². The van der Waals surface area contributed by atoms with Crippen LogP contribution in [0.3, 0.4) is 0 Å². The molecule has 2 nitrogen and oxygen atoms in total. The third kappa shape index (κ3) is 1.61. The third-order valence-corrected chi connectivity index (χ3v) is 3.29. The van der Waals surface area contributed by atoms with Gasteiger partial charge in [-0.2, -0.15) is 0 Å². The van der Waals surface area contributed by atoms with Gasteiger partial charge in [0.2, 0.25) is 0 Å². The van der Waals surface area contributed by atoms with Gasteiger partial charge < -0.3 is 10.5 Å². The van der Waals surface area contributed by atoms with Crippen molar-refractivity contribution in [2.75, 3.05) is 0 Å². The van der Waals surface area contributed by atoms with Crippen molar-refractivity contribution in [3.63, 3.8) is 0 Å². The monoisotopic (exact) mass is 207 g/mol. The van der Waals surface area contributed by atoms with Gasteiger partial charge in [-0.3, -0.25) is 0 Å². The van der Waals surface area contributed by atoms with Crippen LogP contribution in [0.5, 0.6) is 5.75 Å². The Morgan fingerprint density at radius 3 is 2.87 bits per heavy atom. The lowest BCUT2D eigenvalue weighted by Gasteiger charge is -2.30. The van der Waals surface area contributed by atoms with Gasteiger partial charge in [0.25, 0.3) is 0 Å². The number of rotatable bonds is 1. The predicted octanol–water partition coefficient (Wildman–Crippen LogP) is 2.39. The summed E-state index contributed by atoms with van der Waals surface area (Å²) in [7, 11) is 0. The van der Waals surface area contributed by atoms with Gasteiger partial charge in [0.05, 0.1) is 0 Å². The number of ether oxygens (including phenoxy) is 1. The average Bonchev–Trinajstić information content (AvgIpc) is 2.99. The first kappa shape index (κ1) is 9.16. The average molecular weight is 207 g/mol. The molecule has 2 aliphatic rings. The van der Waals surface area contributed by atoms with Gasteiger partial charge in [-0.25, -0.2) is 4.39 Å². The van der Waals surface area contributed by atoms with Crippen molar-refractivity contribution in [1.29, 1.82) is 0 Å². The number of hydrogen-bond donors (Lipinski definition) is 1. The molecule has 80 valence electrons. The molecule has 1 aliphatic carbocycles. The van der Waals surface area contributed by atoms with Crippen LogP contribution in [-0.2, 0) is 0 Å². The molecule has 1 saturated carbocycles. The standard InChI is InChI=1S/C12H14FNO/c13-8-3-4-9-10(14)6-11(7-1-2-7)15-12(9)5-8/h3-5,7,10-11H,1-2,6,14H2/t10-,11?/m1/s1. The summed E-state index contributed by atoms with van der Waals surface area (Å²) in [5, 5.41) is 0. The van der Waals surface area contributed by atoms with E-state index in [2.05, 4.69) is 0 Å². The maximum atomic E-state index is 13.0. The van der Waals surface area contributed by atoms with E-state index >= 15 is 0 Å². The Kier molecular flexibility index (Phi) is 1.96. The number of halogens is 1. The molecular weight excluding hydrogens is 193 g/mol. The van der Waals surface area contributed by atoms with Crippen molar-refractivity contribution in [3.8, 4) is 5.75 Å². The number of fused-ring (bicyclic) bond motifs is 1. The van der Waals surface area contributed by atoms with Crippen LogP contribution < -0.4 is 10.5 Å². The van der Waals surface area contributed by atoms with E-state index in [1.54, 1.807) is 6.07 Å². The second-order valence-electron chi connectivity index (χ2n) is 4.52. The van der Waals surface area contributed by atoms with E-state index in [1.807, 2.05) is 0 Å². The highest BCUT2D eigenvalue weighted by molar-refractivity contribution is 5.38. The summed E-state index contributed by atoms with van der Waals surface area (Å²) < 4.78 is 18.8. The highest BCUT2D eigenvalue weighted by atomic mass is 19.1. The summed E-state index contributed by atoms with van der Waals surface area (Å²) in [6.45, 7) is 0. The third-order valence-electron chi connectivity index (χ3n) is 3.29. The molecule has 0 radical (unpaired) electrons. The lowest BCUT2D eigenvalue weighted by atomic mass is 9.95. The van der Waals surface area contributed by atoms with Crippen LogP contribution in [0.4, 0.5) is 4.39 Å². The molecule has 1 unspecified atom stereocenters. The van der Waals surface area contributed by atoms with Gasteiger partial charge in [-0.05, 0) is 24.8 Å². The van der Waals surface area contributed by atoms with Gasteiger partial charge in [0.1, 0.15) is 17.7 Å². The molecule has 3 heteroatoms. The first-order valence-corrected chi connectivity index (χ1v) is 5.46. The Hall–Kier alpha value is -1.09. The van der Waals surface area contributed by atoms with Crippen LogP contribution >= 0.6 is 0 Å². The topological polar surface area (TPSA) is 35.2 Å². The minimum Gasteiger partial charge on any atom is -0.490 e. The van der Waals surface area contributed by atoms with Gasteiger partial charge >= 0.3 is 0 Å². The molecule has 3 rings (SSSR count). The van der Waals surface area contributed by atoms with Crippen LogP contribution in [-0.4, -0.2) is 6.10 Å². The smallest absolute Gasteiger partial charge is 0.127 e. The van der Waals surface area contributed by atoms with Crippen molar-refractivity contribution < 1.29 is 9.13 Å². The van der Waals surface area contributed by atoms with Crippen LogP contribution in [0.1, 0.15) is 30.9 Å². The SMILES string of the molecule is N[C@@H]1CC(C2CC2)Oc2cc(F)ccc21. The molecule has 1 fully saturated rings. The lowest BCUT2D eigenvalue weighted by molar-refractivity contribution is 0.137. The minimum atomic E-state index is -0.252. The molecule has 15 heavy (non-hydrogen) atoms. The maximum absolute atomic E-state index is 13.0. The Morgan fingerprint density at radius 1 is 1.33 bits per heavy atom. The normalized spacial score (nSPS) is 29.5. The first-order chi connectivity index (χ1) is 7.24. The fraction of sp³-hybridized carbons (Fsp3) is 0.500. The maximum Gasteiger partial charge on any atom is 0.127 e. The molecule has 0 aromatic heterocycles. The van der Waals surface area contributed by atoms with Gasteiger partial charge in [0.15, 0.2) is 0 Å². The number of hydrogen-bond acceptors (Lipinski definition) is 2. The summed E-state index contributed by atoms with van der Waals surface area (Å²) >= 11 is 0. The van der Waals surface area contributed by atoms with E-state index < -0.39 is 0 Å². The Morgan fingerprint density at radius 2 is 2.13 bits per heavy atom. The quantitative estimate of drug-likeness (QED) is 0.767. The fourth-order valence-electron chi connectivity index (χ4n) is 2.26.